The summed E-state index contributed by atoms with van der Waals surface area (Å²) >= 11 is 0. The summed E-state index contributed by atoms with van der Waals surface area (Å²) in [5, 5.41) is 13.7. The van der Waals surface area contributed by atoms with Gasteiger partial charge in [-0.2, -0.15) is 0 Å². The van der Waals surface area contributed by atoms with E-state index in [1.807, 2.05) is 0 Å². The molecule has 0 saturated carbocycles. The number of amides is 2. The molecule has 2 amide bonds. The first-order valence-electron chi connectivity index (χ1n) is 7.67. The van der Waals surface area contributed by atoms with Crippen LogP contribution in [-0.2, 0) is 0 Å². The van der Waals surface area contributed by atoms with E-state index in [0.29, 0.717) is 12.0 Å². The van der Waals surface area contributed by atoms with E-state index in [2.05, 4.69) is 10.6 Å². The fraction of sp³-hybridized carbons (Fsp3) is 0.176. The standard InChI is InChI=1S/C17H15F2N3O4/c18-12-2-1-9(7-13(12)19)21-16(23)11-6-8(20)5-10-14(22-17(24)25)3-4-26-15(10)11/h1-2,5-7,14,22H,3-4,20H2,(H,21,23)(H,24,25)/t14-/m0/s1. The maximum atomic E-state index is 13.3. The lowest BCUT2D eigenvalue weighted by Crippen LogP contribution is -2.32. The normalized spacial score (nSPS) is 15.5. The van der Waals surface area contributed by atoms with Crippen LogP contribution in [0.5, 0.6) is 5.75 Å². The third-order valence-electron chi connectivity index (χ3n) is 3.89. The lowest BCUT2D eigenvalue weighted by Gasteiger charge is -2.27. The maximum absolute atomic E-state index is 13.3. The second-order valence-corrected chi connectivity index (χ2v) is 5.71. The molecule has 7 nitrogen and oxygen atoms in total. The number of carbonyl (C=O) groups is 2. The number of carboxylic acid groups (broad SMARTS) is 1. The number of ether oxygens (including phenoxy) is 1. The number of halogens is 2. The Kier molecular flexibility index (Phi) is 4.61. The molecule has 0 aliphatic carbocycles. The van der Waals surface area contributed by atoms with Gasteiger partial charge in [-0.15, -0.1) is 0 Å². The van der Waals surface area contributed by atoms with Crippen molar-refractivity contribution in [2.24, 2.45) is 0 Å². The summed E-state index contributed by atoms with van der Waals surface area (Å²) < 4.78 is 31.9. The highest BCUT2D eigenvalue weighted by Gasteiger charge is 2.28. The zero-order chi connectivity index (χ0) is 18.8. The summed E-state index contributed by atoms with van der Waals surface area (Å²) in [6.45, 7) is 0.202. The van der Waals surface area contributed by atoms with E-state index >= 15 is 0 Å². The molecule has 1 aliphatic heterocycles. The van der Waals surface area contributed by atoms with Crippen molar-refractivity contribution < 1.29 is 28.2 Å². The zero-order valence-corrected chi connectivity index (χ0v) is 13.4. The van der Waals surface area contributed by atoms with E-state index in [0.717, 1.165) is 12.1 Å². The smallest absolute Gasteiger partial charge is 0.405 e. The summed E-state index contributed by atoms with van der Waals surface area (Å²) in [4.78, 5) is 23.5. The number of benzene rings is 2. The van der Waals surface area contributed by atoms with Gasteiger partial charge in [0.25, 0.3) is 5.91 Å². The number of nitrogens with two attached hydrogens (primary N) is 1. The molecule has 0 aromatic heterocycles. The summed E-state index contributed by atoms with van der Waals surface area (Å²) in [7, 11) is 0. The van der Waals surface area contributed by atoms with Gasteiger partial charge in [0.2, 0.25) is 0 Å². The van der Waals surface area contributed by atoms with Gasteiger partial charge < -0.3 is 26.2 Å². The number of carbonyl (C=O) groups excluding carboxylic acids is 1. The number of nitrogens with one attached hydrogen (secondary N) is 2. The van der Waals surface area contributed by atoms with Crippen molar-refractivity contribution in [1.82, 2.24) is 5.32 Å². The Hall–Kier alpha value is -3.36. The van der Waals surface area contributed by atoms with Crippen LogP contribution in [0, 0.1) is 11.6 Å². The lowest BCUT2D eigenvalue weighted by molar-refractivity contribution is 0.102. The van der Waals surface area contributed by atoms with Gasteiger partial charge in [0.1, 0.15) is 5.75 Å². The Bertz CT molecular complexity index is 889. The molecule has 0 saturated heterocycles. The van der Waals surface area contributed by atoms with Gasteiger partial charge in [-0.05, 0) is 24.3 Å². The van der Waals surface area contributed by atoms with Crippen LogP contribution in [0.3, 0.4) is 0 Å². The van der Waals surface area contributed by atoms with Crippen LogP contribution in [0.25, 0.3) is 0 Å². The van der Waals surface area contributed by atoms with E-state index in [4.69, 9.17) is 15.6 Å². The first-order valence-corrected chi connectivity index (χ1v) is 7.67. The van der Waals surface area contributed by atoms with Crippen LogP contribution in [0.4, 0.5) is 25.0 Å². The molecule has 136 valence electrons. The van der Waals surface area contributed by atoms with Crippen molar-refractivity contribution in [3.05, 3.63) is 53.1 Å². The average Bonchev–Trinajstić information content (AvgIpc) is 2.57. The fourth-order valence-corrected chi connectivity index (χ4v) is 2.77. The minimum Gasteiger partial charge on any atom is -0.492 e. The van der Waals surface area contributed by atoms with Crippen LogP contribution in [0.1, 0.15) is 28.4 Å². The third kappa shape index (κ3) is 3.51. The minimum absolute atomic E-state index is 0.0566. The molecule has 2 aromatic rings. The summed E-state index contributed by atoms with van der Waals surface area (Å²) in [6, 6.07) is 5.28. The lowest BCUT2D eigenvalue weighted by atomic mass is 9.96. The second-order valence-electron chi connectivity index (χ2n) is 5.71. The molecule has 1 aliphatic rings. The number of rotatable bonds is 3. The highest BCUT2D eigenvalue weighted by molar-refractivity contribution is 6.07. The van der Waals surface area contributed by atoms with Crippen molar-refractivity contribution in [3.8, 4) is 5.75 Å². The van der Waals surface area contributed by atoms with Gasteiger partial charge in [0, 0.05) is 29.4 Å². The number of anilines is 2. The summed E-state index contributed by atoms with van der Waals surface area (Å²) in [5.41, 5.74) is 6.63. The zero-order valence-electron chi connectivity index (χ0n) is 13.4. The highest BCUT2D eigenvalue weighted by atomic mass is 19.2. The van der Waals surface area contributed by atoms with E-state index in [-0.39, 0.29) is 29.3 Å². The first kappa shape index (κ1) is 17.5. The van der Waals surface area contributed by atoms with Gasteiger partial charge in [-0.1, -0.05) is 0 Å². The van der Waals surface area contributed by atoms with E-state index in [9.17, 15) is 18.4 Å². The molecule has 3 rings (SSSR count). The Morgan fingerprint density at radius 3 is 2.65 bits per heavy atom. The van der Waals surface area contributed by atoms with Gasteiger partial charge in [0.05, 0.1) is 18.2 Å². The fourth-order valence-electron chi connectivity index (χ4n) is 2.77. The molecule has 9 heteroatoms. The Labute approximate surface area is 146 Å². The van der Waals surface area contributed by atoms with Gasteiger partial charge in [-0.3, -0.25) is 4.79 Å². The SMILES string of the molecule is Nc1cc(C(=O)Nc2ccc(F)c(F)c2)c2c(c1)[C@@H](NC(=O)O)CCO2. The Balaban J connectivity index is 1.94. The minimum atomic E-state index is -1.21. The molecule has 0 unspecified atom stereocenters. The molecule has 1 heterocycles. The number of hydrogen-bond acceptors (Lipinski definition) is 4. The predicted molar refractivity (Wildman–Crippen MR) is 89.2 cm³/mol. The maximum Gasteiger partial charge on any atom is 0.405 e. The van der Waals surface area contributed by atoms with Crippen LogP contribution < -0.4 is 21.1 Å². The molecule has 2 aromatic carbocycles. The highest BCUT2D eigenvalue weighted by Crippen LogP contribution is 2.37. The van der Waals surface area contributed by atoms with Crippen molar-refractivity contribution in [2.45, 2.75) is 12.5 Å². The molecule has 0 fully saturated rings. The predicted octanol–water partition coefficient (Wildman–Crippen LogP) is 2.89. The molecular weight excluding hydrogens is 348 g/mol. The van der Waals surface area contributed by atoms with Crippen molar-refractivity contribution in [2.75, 3.05) is 17.7 Å². The quantitative estimate of drug-likeness (QED) is 0.626. The van der Waals surface area contributed by atoms with Gasteiger partial charge >= 0.3 is 6.09 Å². The number of fused-ring (bicyclic) bond motifs is 1. The average molecular weight is 363 g/mol. The molecule has 0 bridgehead atoms. The topological polar surface area (TPSA) is 114 Å². The van der Waals surface area contributed by atoms with E-state index in [1.165, 1.54) is 18.2 Å². The first-order chi connectivity index (χ1) is 12.3. The number of nitrogen functional groups attached to an aromatic ring is 1. The van der Waals surface area contributed by atoms with Gasteiger partial charge in [0.15, 0.2) is 11.6 Å². The third-order valence-corrected chi connectivity index (χ3v) is 3.89. The summed E-state index contributed by atoms with van der Waals surface area (Å²) in [6.07, 6.45) is -0.828. The summed E-state index contributed by atoms with van der Waals surface area (Å²) in [5.74, 6) is -2.57. The molecule has 5 N–H and O–H groups in total. The van der Waals surface area contributed by atoms with Crippen LogP contribution in [-0.4, -0.2) is 23.7 Å². The Morgan fingerprint density at radius 1 is 1.19 bits per heavy atom. The second kappa shape index (κ2) is 6.87. The molecule has 1 atom stereocenters. The molecule has 0 spiro atoms. The molecule has 26 heavy (non-hydrogen) atoms. The van der Waals surface area contributed by atoms with Crippen molar-refractivity contribution in [1.29, 1.82) is 0 Å². The van der Waals surface area contributed by atoms with Crippen LogP contribution >= 0.6 is 0 Å². The number of hydrogen-bond donors (Lipinski definition) is 4. The monoisotopic (exact) mass is 363 g/mol. The molecule has 0 radical (unpaired) electrons. The Morgan fingerprint density at radius 2 is 1.96 bits per heavy atom. The van der Waals surface area contributed by atoms with Crippen molar-refractivity contribution >= 4 is 23.4 Å². The van der Waals surface area contributed by atoms with Gasteiger partial charge in [-0.25, -0.2) is 13.6 Å². The largest absolute Gasteiger partial charge is 0.492 e. The van der Waals surface area contributed by atoms with Crippen LogP contribution in [0.2, 0.25) is 0 Å². The van der Waals surface area contributed by atoms with Crippen molar-refractivity contribution in [3.63, 3.8) is 0 Å². The van der Waals surface area contributed by atoms with Crippen LogP contribution in [0.15, 0.2) is 30.3 Å². The van der Waals surface area contributed by atoms with E-state index < -0.39 is 29.7 Å². The van der Waals surface area contributed by atoms with E-state index in [1.54, 1.807) is 0 Å². The molecular formula is C17H15F2N3O4.